The van der Waals surface area contributed by atoms with Gasteiger partial charge in [-0.3, -0.25) is 9.59 Å². The summed E-state index contributed by atoms with van der Waals surface area (Å²) in [5.41, 5.74) is 1.03. The molecule has 1 aliphatic carbocycles. The van der Waals surface area contributed by atoms with E-state index in [1.807, 2.05) is 18.2 Å². The Morgan fingerprint density at radius 3 is 2.65 bits per heavy atom. The molecule has 1 saturated carbocycles. The number of H-pyrrole nitrogens is 1. The maximum Gasteiger partial charge on any atom is 0.255 e. The minimum absolute atomic E-state index is 0.0565. The second-order valence-corrected chi connectivity index (χ2v) is 6.79. The summed E-state index contributed by atoms with van der Waals surface area (Å²) in [5, 5.41) is 7.89. The van der Waals surface area contributed by atoms with Crippen molar-refractivity contribution in [3.63, 3.8) is 0 Å². The van der Waals surface area contributed by atoms with Crippen LogP contribution in [0.25, 0.3) is 10.8 Å². The molecule has 5 nitrogen and oxygen atoms in total. The fraction of sp³-hybridized carbons (Fsp3) is 0.444. The van der Waals surface area contributed by atoms with Crippen molar-refractivity contribution in [1.29, 1.82) is 0 Å². The van der Waals surface area contributed by atoms with Gasteiger partial charge in [-0.1, -0.05) is 31.0 Å². The molecule has 2 heterocycles. The first-order valence-electron chi connectivity index (χ1n) is 8.30. The first-order valence-corrected chi connectivity index (χ1v) is 8.30. The quantitative estimate of drug-likeness (QED) is 0.807. The van der Waals surface area contributed by atoms with Crippen molar-refractivity contribution < 1.29 is 4.79 Å². The van der Waals surface area contributed by atoms with Gasteiger partial charge >= 0.3 is 0 Å². The molecule has 2 fully saturated rings. The van der Waals surface area contributed by atoms with Crippen LogP contribution < -0.4 is 16.2 Å². The molecule has 5 heteroatoms. The lowest BCUT2D eigenvalue weighted by molar-refractivity contribution is -0.130. The van der Waals surface area contributed by atoms with Crippen molar-refractivity contribution in [3.8, 4) is 0 Å². The van der Waals surface area contributed by atoms with Gasteiger partial charge in [-0.25, -0.2) is 0 Å². The maximum absolute atomic E-state index is 12.5. The second-order valence-electron chi connectivity index (χ2n) is 6.79. The number of aromatic amines is 1. The SMILES string of the molecule is O=C(NCc1c[nH]c(=O)c2ccccc12)C1NCC12CCCC2. The van der Waals surface area contributed by atoms with Crippen LogP contribution in [0.1, 0.15) is 31.2 Å². The first kappa shape index (κ1) is 14.5. The van der Waals surface area contributed by atoms with Crippen LogP contribution in [0.4, 0.5) is 0 Å². The van der Waals surface area contributed by atoms with Crippen LogP contribution in [0.3, 0.4) is 0 Å². The molecule has 2 aliphatic rings. The van der Waals surface area contributed by atoms with E-state index in [9.17, 15) is 9.59 Å². The summed E-state index contributed by atoms with van der Waals surface area (Å²) in [7, 11) is 0. The van der Waals surface area contributed by atoms with E-state index in [-0.39, 0.29) is 22.9 Å². The average Bonchev–Trinajstić information content (AvgIpc) is 3.06. The number of rotatable bonds is 3. The molecule has 4 rings (SSSR count). The van der Waals surface area contributed by atoms with Crippen LogP contribution in [0.15, 0.2) is 35.3 Å². The van der Waals surface area contributed by atoms with E-state index in [0.717, 1.165) is 30.3 Å². The van der Waals surface area contributed by atoms with Crippen LogP contribution in [0.5, 0.6) is 0 Å². The van der Waals surface area contributed by atoms with Crippen molar-refractivity contribution in [3.05, 3.63) is 46.4 Å². The van der Waals surface area contributed by atoms with Crippen molar-refractivity contribution in [1.82, 2.24) is 15.6 Å². The van der Waals surface area contributed by atoms with Gasteiger partial charge in [0.25, 0.3) is 5.56 Å². The van der Waals surface area contributed by atoms with Crippen LogP contribution >= 0.6 is 0 Å². The van der Waals surface area contributed by atoms with E-state index in [1.165, 1.54) is 12.8 Å². The molecule has 3 N–H and O–H groups in total. The van der Waals surface area contributed by atoms with E-state index in [4.69, 9.17) is 0 Å². The lowest BCUT2D eigenvalue weighted by Crippen LogP contribution is -2.67. The number of carbonyl (C=O) groups excluding carboxylic acids is 1. The van der Waals surface area contributed by atoms with E-state index in [2.05, 4.69) is 15.6 Å². The van der Waals surface area contributed by atoms with E-state index in [0.29, 0.717) is 11.9 Å². The van der Waals surface area contributed by atoms with Crippen molar-refractivity contribution in [2.45, 2.75) is 38.3 Å². The smallest absolute Gasteiger partial charge is 0.255 e. The first-order chi connectivity index (χ1) is 11.2. The lowest BCUT2D eigenvalue weighted by Gasteiger charge is -2.47. The van der Waals surface area contributed by atoms with Crippen molar-refractivity contribution >= 4 is 16.7 Å². The normalized spacial score (nSPS) is 22.2. The number of fused-ring (bicyclic) bond motifs is 1. The Morgan fingerprint density at radius 1 is 1.22 bits per heavy atom. The van der Waals surface area contributed by atoms with Gasteiger partial charge in [-0.15, -0.1) is 0 Å². The number of benzene rings is 1. The zero-order valence-electron chi connectivity index (χ0n) is 13.0. The van der Waals surface area contributed by atoms with Gasteiger partial charge in [0.15, 0.2) is 0 Å². The molecule has 1 spiro atoms. The molecule has 1 amide bonds. The highest BCUT2D eigenvalue weighted by molar-refractivity contribution is 5.86. The molecule has 1 aromatic heterocycles. The van der Waals surface area contributed by atoms with E-state index in [1.54, 1.807) is 12.3 Å². The molecule has 1 atom stereocenters. The minimum atomic E-state index is -0.0961. The zero-order valence-corrected chi connectivity index (χ0v) is 13.0. The van der Waals surface area contributed by atoms with E-state index >= 15 is 0 Å². The summed E-state index contributed by atoms with van der Waals surface area (Å²) in [6, 6.07) is 7.43. The molecular formula is C18H21N3O2. The van der Waals surface area contributed by atoms with Gasteiger partial charge in [-0.2, -0.15) is 0 Å². The molecule has 23 heavy (non-hydrogen) atoms. The van der Waals surface area contributed by atoms with Gasteiger partial charge < -0.3 is 15.6 Å². The monoisotopic (exact) mass is 311 g/mol. The topological polar surface area (TPSA) is 74.0 Å². The fourth-order valence-corrected chi connectivity index (χ4v) is 4.11. The lowest BCUT2D eigenvalue weighted by atomic mass is 9.71. The Labute approximate surface area is 134 Å². The van der Waals surface area contributed by atoms with Crippen molar-refractivity contribution in [2.75, 3.05) is 6.54 Å². The fourth-order valence-electron chi connectivity index (χ4n) is 4.11. The standard InChI is InChI=1S/C18H21N3O2/c22-16-14-6-2-1-5-13(14)12(9-19-16)10-20-17(23)15-18(11-21-15)7-3-4-8-18/h1-2,5-6,9,15,21H,3-4,7-8,10-11H2,(H,19,22)(H,20,23). The van der Waals surface area contributed by atoms with Crippen LogP contribution in [-0.4, -0.2) is 23.5 Å². The predicted molar refractivity (Wildman–Crippen MR) is 89.1 cm³/mol. The molecule has 0 radical (unpaired) electrons. The number of nitrogens with one attached hydrogen (secondary N) is 3. The number of amides is 1. The van der Waals surface area contributed by atoms with Gasteiger partial charge in [0.2, 0.25) is 5.91 Å². The highest BCUT2D eigenvalue weighted by Gasteiger charge is 2.51. The summed E-state index contributed by atoms with van der Waals surface area (Å²) in [5.74, 6) is 0.0773. The summed E-state index contributed by atoms with van der Waals surface area (Å²) in [6.45, 7) is 1.40. The summed E-state index contributed by atoms with van der Waals surface area (Å²) >= 11 is 0. The molecule has 1 aliphatic heterocycles. The minimum Gasteiger partial charge on any atom is -0.351 e. The summed E-state index contributed by atoms with van der Waals surface area (Å²) in [6.07, 6.45) is 6.47. The third-order valence-corrected chi connectivity index (χ3v) is 5.48. The molecule has 120 valence electrons. The number of aromatic nitrogens is 1. The third-order valence-electron chi connectivity index (χ3n) is 5.48. The number of hydrogen-bond donors (Lipinski definition) is 3. The third kappa shape index (κ3) is 2.36. The Balaban J connectivity index is 1.50. The number of hydrogen-bond acceptors (Lipinski definition) is 3. The largest absolute Gasteiger partial charge is 0.351 e. The molecule has 1 saturated heterocycles. The van der Waals surface area contributed by atoms with Crippen LogP contribution in [0, 0.1) is 5.41 Å². The molecule has 1 aromatic carbocycles. The maximum atomic E-state index is 12.5. The second kappa shape index (κ2) is 5.49. The Morgan fingerprint density at radius 2 is 1.96 bits per heavy atom. The van der Waals surface area contributed by atoms with Gasteiger partial charge in [0.05, 0.1) is 6.04 Å². The average molecular weight is 311 g/mol. The highest BCUT2D eigenvalue weighted by atomic mass is 16.2. The van der Waals surface area contributed by atoms with Gasteiger partial charge in [-0.05, 0) is 29.9 Å². The van der Waals surface area contributed by atoms with Crippen LogP contribution in [0.2, 0.25) is 0 Å². The van der Waals surface area contributed by atoms with E-state index < -0.39 is 0 Å². The number of pyridine rings is 1. The molecule has 1 unspecified atom stereocenters. The predicted octanol–water partition coefficient (Wildman–Crippen LogP) is 1.68. The Bertz CT molecular complexity index is 805. The van der Waals surface area contributed by atoms with Crippen molar-refractivity contribution in [2.24, 2.45) is 5.41 Å². The van der Waals surface area contributed by atoms with Gasteiger partial charge in [0.1, 0.15) is 0 Å². The Hall–Kier alpha value is -2.14. The zero-order chi connectivity index (χ0) is 15.9. The number of carbonyl (C=O) groups is 1. The Kier molecular flexibility index (Phi) is 3.45. The molecule has 0 bridgehead atoms. The van der Waals surface area contributed by atoms with Gasteiger partial charge in [0, 0.05) is 30.1 Å². The highest BCUT2D eigenvalue weighted by Crippen LogP contribution is 2.45. The van der Waals surface area contributed by atoms with Crippen LogP contribution in [-0.2, 0) is 11.3 Å². The summed E-state index contributed by atoms with van der Waals surface area (Å²) < 4.78 is 0. The molecule has 2 aromatic rings. The molecular weight excluding hydrogens is 290 g/mol. The summed E-state index contributed by atoms with van der Waals surface area (Å²) in [4.78, 5) is 27.1.